The van der Waals surface area contributed by atoms with Crippen molar-refractivity contribution in [2.45, 2.75) is 38.1 Å². The number of sulfonamides is 1. The number of anilines is 1. The molecule has 0 bridgehead atoms. The van der Waals surface area contributed by atoms with Crippen LogP contribution in [0.4, 0.5) is 5.69 Å². The van der Waals surface area contributed by atoms with Crippen LogP contribution in [-0.2, 0) is 21.2 Å². The molecule has 0 saturated carbocycles. The van der Waals surface area contributed by atoms with Crippen LogP contribution in [0.2, 0.25) is 0 Å². The molecule has 0 radical (unpaired) electrons. The largest absolute Gasteiger partial charge is 0.368 e. The third-order valence-electron chi connectivity index (χ3n) is 6.46. The third-order valence-corrected chi connectivity index (χ3v) is 8.24. The van der Waals surface area contributed by atoms with E-state index in [9.17, 15) is 13.2 Å². The first-order valence-electron chi connectivity index (χ1n) is 12.0. The second kappa shape index (κ2) is 10.6. The van der Waals surface area contributed by atoms with E-state index in [4.69, 9.17) is 0 Å². The van der Waals surface area contributed by atoms with E-state index in [0.29, 0.717) is 43.7 Å². The van der Waals surface area contributed by atoms with Gasteiger partial charge in [-0.05, 0) is 56.0 Å². The Morgan fingerprint density at radius 2 is 1.40 bits per heavy atom. The van der Waals surface area contributed by atoms with Crippen LogP contribution in [0, 0.1) is 20.8 Å². The van der Waals surface area contributed by atoms with Crippen molar-refractivity contribution < 1.29 is 13.2 Å². The van der Waals surface area contributed by atoms with E-state index >= 15 is 0 Å². The number of aryl methyl sites for hydroxylation is 3. The van der Waals surface area contributed by atoms with Crippen LogP contribution < -0.4 is 9.62 Å². The van der Waals surface area contributed by atoms with Crippen LogP contribution in [0.3, 0.4) is 0 Å². The van der Waals surface area contributed by atoms with Crippen LogP contribution in [-0.4, -0.2) is 51.4 Å². The van der Waals surface area contributed by atoms with Crippen molar-refractivity contribution in [3.8, 4) is 0 Å². The van der Waals surface area contributed by atoms with Gasteiger partial charge in [0.1, 0.15) is 6.04 Å². The molecule has 1 fully saturated rings. The predicted molar refractivity (Wildman–Crippen MR) is 140 cm³/mol. The lowest BCUT2D eigenvalue weighted by molar-refractivity contribution is -0.133. The maximum atomic E-state index is 13.7. The Bertz CT molecular complexity index is 1250. The summed E-state index contributed by atoms with van der Waals surface area (Å²) in [6.07, 6.45) is 0.293. The van der Waals surface area contributed by atoms with E-state index in [-0.39, 0.29) is 10.8 Å². The number of nitrogens with zero attached hydrogens (tertiary/aromatic N) is 2. The number of rotatable bonds is 7. The van der Waals surface area contributed by atoms with Crippen LogP contribution in [0.15, 0.2) is 77.7 Å². The number of amides is 1. The zero-order chi connectivity index (χ0) is 25.0. The minimum Gasteiger partial charge on any atom is -0.368 e. The van der Waals surface area contributed by atoms with Crippen LogP contribution in [0.1, 0.15) is 22.3 Å². The first-order chi connectivity index (χ1) is 16.7. The molecule has 0 spiro atoms. The van der Waals surface area contributed by atoms with E-state index in [2.05, 4.69) is 21.8 Å². The number of hydrogen-bond donors (Lipinski definition) is 1. The highest BCUT2D eigenvalue weighted by atomic mass is 32.2. The Hall–Kier alpha value is -3.16. The zero-order valence-electron chi connectivity index (χ0n) is 20.6. The summed E-state index contributed by atoms with van der Waals surface area (Å²) in [5.74, 6) is -0.187. The van der Waals surface area contributed by atoms with E-state index in [1.807, 2.05) is 67.6 Å². The number of carbonyl (C=O) groups excluding carboxylic acids is 1. The Labute approximate surface area is 208 Å². The van der Waals surface area contributed by atoms with Crippen LogP contribution in [0.25, 0.3) is 0 Å². The van der Waals surface area contributed by atoms with Gasteiger partial charge < -0.3 is 9.80 Å². The average Bonchev–Trinajstić information content (AvgIpc) is 2.83. The molecule has 1 atom stereocenters. The van der Waals surface area contributed by atoms with Crippen molar-refractivity contribution in [3.63, 3.8) is 0 Å². The fourth-order valence-corrected chi connectivity index (χ4v) is 6.55. The minimum atomic E-state index is -3.90. The van der Waals surface area contributed by atoms with E-state index < -0.39 is 16.1 Å². The smallest absolute Gasteiger partial charge is 0.241 e. The number of benzene rings is 3. The zero-order valence-corrected chi connectivity index (χ0v) is 21.4. The van der Waals surface area contributed by atoms with Gasteiger partial charge in [0.15, 0.2) is 0 Å². The molecule has 7 heteroatoms. The van der Waals surface area contributed by atoms with Crippen molar-refractivity contribution in [1.29, 1.82) is 0 Å². The molecule has 1 N–H and O–H groups in total. The molecule has 1 saturated heterocycles. The lowest BCUT2D eigenvalue weighted by atomic mass is 10.1. The lowest BCUT2D eigenvalue weighted by Crippen LogP contribution is -2.55. The van der Waals surface area contributed by atoms with E-state index in [1.54, 1.807) is 18.7 Å². The van der Waals surface area contributed by atoms with Gasteiger partial charge in [-0.25, -0.2) is 8.42 Å². The summed E-state index contributed by atoms with van der Waals surface area (Å²) in [7, 11) is -3.90. The lowest BCUT2D eigenvalue weighted by Gasteiger charge is -2.37. The summed E-state index contributed by atoms with van der Waals surface area (Å²) in [5.41, 5.74) is 4.40. The van der Waals surface area contributed by atoms with E-state index in [0.717, 1.165) is 16.8 Å². The molecule has 3 aromatic carbocycles. The molecular weight excluding hydrogens is 458 g/mol. The summed E-state index contributed by atoms with van der Waals surface area (Å²) < 4.78 is 29.8. The van der Waals surface area contributed by atoms with Gasteiger partial charge in [-0.1, -0.05) is 66.2 Å². The highest BCUT2D eigenvalue weighted by Crippen LogP contribution is 2.23. The molecule has 1 amide bonds. The summed E-state index contributed by atoms with van der Waals surface area (Å²) in [5, 5.41) is 0. The average molecular weight is 492 g/mol. The Morgan fingerprint density at radius 3 is 1.97 bits per heavy atom. The standard InChI is InChI=1S/C28H33N3O3S/c1-21-18-22(2)27(23(3)19-21)35(33,34)29-26(20-24-10-6-4-7-11-24)28(32)31-16-14-30(15-17-31)25-12-8-5-9-13-25/h4-13,18-19,26,29H,14-17,20H2,1-3H3/t26-/m1/s1. The van der Waals surface area contributed by atoms with Gasteiger partial charge >= 0.3 is 0 Å². The number of para-hydroxylation sites is 1. The van der Waals surface area contributed by atoms with Gasteiger partial charge in [0.2, 0.25) is 15.9 Å². The minimum absolute atomic E-state index is 0.187. The first-order valence-corrected chi connectivity index (χ1v) is 13.5. The molecule has 1 heterocycles. The summed E-state index contributed by atoms with van der Waals surface area (Å²) in [4.78, 5) is 17.9. The number of nitrogens with one attached hydrogen (secondary N) is 1. The molecule has 35 heavy (non-hydrogen) atoms. The van der Waals surface area contributed by atoms with Crippen molar-refractivity contribution >= 4 is 21.6 Å². The number of hydrogen-bond acceptors (Lipinski definition) is 4. The van der Waals surface area contributed by atoms with Gasteiger partial charge in [-0.15, -0.1) is 0 Å². The summed E-state index contributed by atoms with van der Waals surface area (Å²) in [6, 6.07) is 22.5. The van der Waals surface area contributed by atoms with Crippen molar-refractivity contribution in [3.05, 3.63) is 95.1 Å². The molecule has 0 unspecified atom stereocenters. The fourth-order valence-electron chi connectivity index (χ4n) is 4.91. The summed E-state index contributed by atoms with van der Waals surface area (Å²) in [6.45, 7) is 8.04. The molecule has 0 aromatic heterocycles. The second-order valence-corrected chi connectivity index (χ2v) is 10.9. The van der Waals surface area contributed by atoms with Gasteiger partial charge in [0, 0.05) is 31.9 Å². The summed E-state index contributed by atoms with van der Waals surface area (Å²) >= 11 is 0. The Balaban J connectivity index is 1.56. The van der Waals surface area contributed by atoms with Gasteiger partial charge in [-0.3, -0.25) is 4.79 Å². The molecule has 6 nitrogen and oxygen atoms in total. The molecule has 1 aliphatic heterocycles. The van der Waals surface area contributed by atoms with Gasteiger partial charge in [-0.2, -0.15) is 4.72 Å². The third kappa shape index (κ3) is 5.92. The highest BCUT2D eigenvalue weighted by molar-refractivity contribution is 7.89. The normalized spacial score (nSPS) is 15.2. The monoisotopic (exact) mass is 491 g/mol. The first kappa shape index (κ1) is 24.9. The van der Waals surface area contributed by atoms with Crippen molar-refractivity contribution in [1.82, 2.24) is 9.62 Å². The van der Waals surface area contributed by atoms with Gasteiger partial charge in [0.05, 0.1) is 4.90 Å². The Kier molecular flexibility index (Phi) is 7.57. The highest BCUT2D eigenvalue weighted by Gasteiger charge is 2.32. The van der Waals surface area contributed by atoms with Crippen molar-refractivity contribution in [2.75, 3.05) is 31.1 Å². The maximum absolute atomic E-state index is 13.7. The molecule has 1 aliphatic rings. The predicted octanol–water partition coefficient (Wildman–Crippen LogP) is 3.85. The molecular formula is C28H33N3O3S. The topological polar surface area (TPSA) is 69.7 Å². The molecule has 4 rings (SSSR count). The maximum Gasteiger partial charge on any atom is 0.241 e. The quantitative estimate of drug-likeness (QED) is 0.545. The second-order valence-electron chi connectivity index (χ2n) is 9.24. The number of piperazine rings is 1. The van der Waals surface area contributed by atoms with Gasteiger partial charge in [0.25, 0.3) is 0 Å². The molecule has 0 aliphatic carbocycles. The van der Waals surface area contributed by atoms with E-state index in [1.165, 1.54) is 0 Å². The van der Waals surface area contributed by atoms with Crippen LogP contribution in [0.5, 0.6) is 0 Å². The Morgan fingerprint density at radius 1 is 0.857 bits per heavy atom. The molecule has 3 aromatic rings. The van der Waals surface area contributed by atoms with Crippen molar-refractivity contribution in [2.24, 2.45) is 0 Å². The van der Waals surface area contributed by atoms with Crippen LogP contribution >= 0.6 is 0 Å². The number of carbonyl (C=O) groups is 1. The SMILES string of the molecule is Cc1cc(C)c(S(=O)(=O)N[C@H](Cc2ccccc2)C(=O)N2CCN(c3ccccc3)CC2)c(C)c1. The fraction of sp³-hybridized carbons (Fsp3) is 0.321. The molecule has 184 valence electrons.